The summed E-state index contributed by atoms with van der Waals surface area (Å²) in [6, 6.07) is 0. The van der Waals surface area contributed by atoms with Gasteiger partial charge in [0.2, 0.25) is 0 Å². The number of aromatic nitrogens is 1. The zero-order chi connectivity index (χ0) is 17.1. The molecular formula is C14H23F3N4OS. The van der Waals surface area contributed by atoms with Gasteiger partial charge in [-0.25, -0.2) is 9.98 Å². The maximum atomic E-state index is 11.9. The number of hydrogen-bond donors (Lipinski definition) is 2. The molecule has 1 heterocycles. The van der Waals surface area contributed by atoms with E-state index in [2.05, 4.69) is 32.3 Å². The van der Waals surface area contributed by atoms with Crippen molar-refractivity contribution < 1.29 is 17.9 Å². The fraction of sp³-hybridized carbons (Fsp3) is 0.714. The van der Waals surface area contributed by atoms with E-state index in [0.717, 1.165) is 11.4 Å². The Morgan fingerprint density at radius 1 is 1.35 bits per heavy atom. The maximum absolute atomic E-state index is 11.9. The number of thiazole rings is 1. The first-order chi connectivity index (χ1) is 10.9. The molecule has 1 aromatic rings. The summed E-state index contributed by atoms with van der Waals surface area (Å²) in [6.45, 7) is 4.54. The van der Waals surface area contributed by atoms with Gasteiger partial charge in [-0.3, -0.25) is 0 Å². The number of aliphatic imine (C=N–C) groups is 1. The molecule has 0 amide bonds. The standard InChI is InChI=1S/C14H23F3N4OS/c1-3-11-8-20-12(23-11)9-21-13(18-4-2)19-6-5-7-22-10-14(15,16)17/h8H,3-7,9-10H2,1-2H3,(H2,18,19,21). The lowest BCUT2D eigenvalue weighted by molar-refractivity contribution is -0.173. The highest BCUT2D eigenvalue weighted by atomic mass is 32.1. The molecule has 23 heavy (non-hydrogen) atoms. The van der Waals surface area contributed by atoms with Gasteiger partial charge in [-0.15, -0.1) is 11.3 Å². The lowest BCUT2D eigenvalue weighted by Crippen LogP contribution is -2.38. The van der Waals surface area contributed by atoms with Gasteiger partial charge in [0.05, 0.1) is 6.54 Å². The number of halogens is 3. The van der Waals surface area contributed by atoms with Gasteiger partial charge in [0, 0.05) is 30.8 Å². The average molecular weight is 352 g/mol. The van der Waals surface area contributed by atoms with Gasteiger partial charge in [0.1, 0.15) is 11.6 Å². The Balaban J connectivity index is 2.29. The Morgan fingerprint density at radius 3 is 2.74 bits per heavy atom. The minimum atomic E-state index is -4.27. The Hall–Kier alpha value is -1.35. The van der Waals surface area contributed by atoms with Crippen molar-refractivity contribution in [2.75, 3.05) is 26.3 Å². The minimum Gasteiger partial charge on any atom is -0.372 e. The van der Waals surface area contributed by atoms with Crippen molar-refractivity contribution in [1.82, 2.24) is 15.6 Å². The molecule has 0 aromatic carbocycles. The molecule has 1 rings (SSSR count). The highest BCUT2D eigenvalue weighted by Crippen LogP contribution is 2.14. The van der Waals surface area contributed by atoms with E-state index in [4.69, 9.17) is 0 Å². The zero-order valence-corrected chi connectivity index (χ0v) is 14.2. The molecule has 0 bridgehead atoms. The van der Waals surface area contributed by atoms with E-state index in [-0.39, 0.29) is 6.61 Å². The molecule has 9 heteroatoms. The average Bonchev–Trinajstić information content (AvgIpc) is 2.95. The summed E-state index contributed by atoms with van der Waals surface area (Å²) in [4.78, 5) is 9.92. The van der Waals surface area contributed by atoms with E-state index in [1.165, 1.54) is 4.88 Å². The van der Waals surface area contributed by atoms with E-state index in [1.54, 1.807) is 11.3 Å². The third kappa shape index (κ3) is 9.39. The number of nitrogens with zero attached hydrogens (tertiary/aromatic N) is 2. The third-order valence-electron chi connectivity index (χ3n) is 2.69. The molecule has 0 aliphatic carbocycles. The molecule has 132 valence electrons. The summed E-state index contributed by atoms with van der Waals surface area (Å²) in [6.07, 6.45) is -0.988. The predicted molar refractivity (Wildman–Crippen MR) is 85.8 cm³/mol. The number of rotatable bonds is 9. The van der Waals surface area contributed by atoms with Crippen molar-refractivity contribution in [3.8, 4) is 0 Å². The van der Waals surface area contributed by atoms with E-state index < -0.39 is 12.8 Å². The van der Waals surface area contributed by atoms with Gasteiger partial charge in [0.25, 0.3) is 0 Å². The Kier molecular flexibility index (Phi) is 8.93. The van der Waals surface area contributed by atoms with Crippen LogP contribution in [0.25, 0.3) is 0 Å². The maximum Gasteiger partial charge on any atom is 0.411 e. The smallest absolute Gasteiger partial charge is 0.372 e. The SMILES string of the molecule is CCNC(=NCc1ncc(CC)s1)NCCCOCC(F)(F)F. The van der Waals surface area contributed by atoms with Crippen molar-refractivity contribution in [2.24, 2.45) is 4.99 Å². The second kappa shape index (κ2) is 10.4. The molecule has 0 saturated carbocycles. The number of ether oxygens (including phenoxy) is 1. The van der Waals surface area contributed by atoms with Crippen LogP contribution < -0.4 is 10.6 Å². The summed E-state index contributed by atoms with van der Waals surface area (Å²) in [5.74, 6) is 0.622. The van der Waals surface area contributed by atoms with Gasteiger partial charge in [-0.1, -0.05) is 6.92 Å². The Bertz CT molecular complexity index is 477. The molecule has 0 aliphatic heterocycles. The van der Waals surface area contributed by atoms with Gasteiger partial charge in [-0.2, -0.15) is 13.2 Å². The van der Waals surface area contributed by atoms with Crippen molar-refractivity contribution >= 4 is 17.3 Å². The second-order valence-electron chi connectivity index (χ2n) is 4.72. The number of nitrogens with one attached hydrogen (secondary N) is 2. The summed E-state index contributed by atoms with van der Waals surface area (Å²) >= 11 is 1.63. The Morgan fingerprint density at radius 2 is 2.13 bits per heavy atom. The third-order valence-corrected chi connectivity index (χ3v) is 3.82. The van der Waals surface area contributed by atoms with Gasteiger partial charge in [0.15, 0.2) is 5.96 Å². The molecule has 0 spiro atoms. The van der Waals surface area contributed by atoms with Crippen LogP contribution in [-0.4, -0.2) is 43.4 Å². The first-order valence-corrected chi connectivity index (χ1v) is 8.36. The van der Waals surface area contributed by atoms with Crippen molar-refractivity contribution in [3.05, 3.63) is 16.1 Å². The molecule has 0 aliphatic rings. The lowest BCUT2D eigenvalue weighted by atomic mass is 10.4. The van der Waals surface area contributed by atoms with Crippen molar-refractivity contribution in [2.45, 2.75) is 39.4 Å². The minimum absolute atomic E-state index is 0.0538. The molecule has 0 fully saturated rings. The van der Waals surface area contributed by atoms with Crippen LogP contribution in [0.1, 0.15) is 30.2 Å². The first kappa shape index (κ1) is 19.7. The summed E-state index contributed by atoms with van der Waals surface area (Å²) in [5, 5.41) is 7.09. The van der Waals surface area contributed by atoms with Crippen LogP contribution >= 0.6 is 11.3 Å². The van der Waals surface area contributed by atoms with Crippen LogP contribution in [0.2, 0.25) is 0 Å². The highest BCUT2D eigenvalue weighted by molar-refractivity contribution is 7.11. The molecular weight excluding hydrogens is 329 g/mol. The predicted octanol–water partition coefficient (Wildman–Crippen LogP) is 2.73. The van der Waals surface area contributed by atoms with Crippen LogP contribution in [0.5, 0.6) is 0 Å². The topological polar surface area (TPSA) is 58.5 Å². The van der Waals surface area contributed by atoms with Crippen LogP contribution in [0.15, 0.2) is 11.2 Å². The molecule has 1 aromatic heterocycles. The normalized spacial score (nSPS) is 12.5. The van der Waals surface area contributed by atoms with E-state index in [1.807, 2.05) is 13.1 Å². The number of guanidine groups is 1. The van der Waals surface area contributed by atoms with Crippen LogP contribution in [0.4, 0.5) is 13.2 Å². The zero-order valence-electron chi connectivity index (χ0n) is 13.4. The molecule has 0 radical (unpaired) electrons. The molecule has 0 unspecified atom stereocenters. The van der Waals surface area contributed by atoms with Gasteiger partial charge in [-0.05, 0) is 19.8 Å². The Labute approximate surface area is 138 Å². The van der Waals surface area contributed by atoms with Crippen LogP contribution in [0, 0.1) is 0 Å². The van der Waals surface area contributed by atoms with Gasteiger partial charge < -0.3 is 15.4 Å². The molecule has 5 nitrogen and oxygen atoms in total. The number of hydrogen-bond acceptors (Lipinski definition) is 4. The number of aryl methyl sites for hydroxylation is 1. The fourth-order valence-electron chi connectivity index (χ4n) is 1.64. The van der Waals surface area contributed by atoms with E-state index >= 15 is 0 Å². The summed E-state index contributed by atoms with van der Waals surface area (Å²) in [7, 11) is 0. The van der Waals surface area contributed by atoms with E-state index in [0.29, 0.717) is 32.0 Å². The van der Waals surface area contributed by atoms with Crippen molar-refractivity contribution in [3.63, 3.8) is 0 Å². The summed E-state index contributed by atoms with van der Waals surface area (Å²) < 4.78 is 40.3. The van der Waals surface area contributed by atoms with Crippen LogP contribution in [0.3, 0.4) is 0 Å². The molecule has 2 N–H and O–H groups in total. The van der Waals surface area contributed by atoms with E-state index in [9.17, 15) is 13.2 Å². The lowest BCUT2D eigenvalue weighted by Gasteiger charge is -2.11. The number of alkyl halides is 3. The molecule has 0 saturated heterocycles. The van der Waals surface area contributed by atoms with Gasteiger partial charge >= 0.3 is 6.18 Å². The summed E-state index contributed by atoms with van der Waals surface area (Å²) in [5.41, 5.74) is 0. The van der Waals surface area contributed by atoms with Crippen LogP contribution in [-0.2, 0) is 17.7 Å². The fourth-order valence-corrected chi connectivity index (χ4v) is 2.43. The quantitative estimate of drug-likeness (QED) is 0.408. The molecule has 0 atom stereocenters. The first-order valence-electron chi connectivity index (χ1n) is 7.54. The monoisotopic (exact) mass is 352 g/mol. The highest BCUT2D eigenvalue weighted by Gasteiger charge is 2.27. The largest absolute Gasteiger partial charge is 0.411 e. The van der Waals surface area contributed by atoms with Crippen molar-refractivity contribution in [1.29, 1.82) is 0 Å². The second-order valence-corrected chi connectivity index (χ2v) is 5.92.